The first kappa shape index (κ1) is 21.4. The van der Waals surface area contributed by atoms with Gasteiger partial charge in [0.1, 0.15) is 0 Å². The summed E-state index contributed by atoms with van der Waals surface area (Å²) in [6.45, 7) is 6.64. The van der Waals surface area contributed by atoms with Gasteiger partial charge in [-0.3, -0.25) is 0 Å². The maximum absolute atomic E-state index is 2.45. The molecule has 2 aliphatic rings. The molecule has 174 valence electrons. The molecule has 0 aliphatic heterocycles. The number of hydrogen-bond donors (Lipinski definition) is 0. The lowest BCUT2D eigenvalue weighted by molar-refractivity contribution is 0.721. The van der Waals surface area contributed by atoms with Crippen LogP contribution in [0.4, 0.5) is 0 Å². The van der Waals surface area contributed by atoms with Crippen LogP contribution in [-0.2, 0) is 18.3 Å². The van der Waals surface area contributed by atoms with Gasteiger partial charge in [-0.15, -0.1) is 0 Å². The molecule has 0 saturated carbocycles. The molecule has 5 aromatic rings. The van der Waals surface area contributed by atoms with E-state index in [-0.39, 0.29) is 5.41 Å². The number of hydrogen-bond acceptors (Lipinski definition) is 0. The fourth-order valence-corrected chi connectivity index (χ4v) is 7.11. The summed E-state index contributed by atoms with van der Waals surface area (Å²) >= 11 is 0. The predicted molar refractivity (Wildman–Crippen MR) is 150 cm³/mol. The summed E-state index contributed by atoms with van der Waals surface area (Å²) in [5.41, 5.74) is 18.0. The summed E-state index contributed by atoms with van der Waals surface area (Å²) in [6.07, 6.45) is 1.94. The van der Waals surface area contributed by atoms with Crippen molar-refractivity contribution < 1.29 is 0 Å². The second-order valence-electron chi connectivity index (χ2n) is 10.8. The van der Waals surface area contributed by atoms with Crippen LogP contribution in [0.5, 0.6) is 0 Å². The minimum absolute atomic E-state index is 0.277. The second-order valence-corrected chi connectivity index (χ2v) is 10.8. The van der Waals surface area contributed by atoms with Gasteiger partial charge in [0.25, 0.3) is 0 Å². The fraction of sp³-hybridized carbons (Fsp3) is 0.167. The molecule has 0 nitrogen and oxygen atoms in total. The summed E-state index contributed by atoms with van der Waals surface area (Å²) in [5.74, 6) is 0. The van der Waals surface area contributed by atoms with Gasteiger partial charge in [-0.05, 0) is 89.2 Å². The SMILES string of the molecule is Cc1cc(C)cc(Cc2cccc3c2-c2ccc(C)cc2C32c3ccccc3Cc3ccccc32)c1. The largest absolute Gasteiger partial charge is 0.0719 e. The maximum atomic E-state index is 2.45. The summed E-state index contributed by atoms with van der Waals surface area (Å²) in [6, 6.07) is 39.4. The average Bonchev–Trinajstić information content (AvgIpc) is 3.15. The number of fused-ring (bicyclic) bond motifs is 9. The van der Waals surface area contributed by atoms with Crippen LogP contribution >= 0.6 is 0 Å². The molecule has 0 amide bonds. The molecule has 0 saturated heterocycles. The van der Waals surface area contributed by atoms with Crippen LogP contribution < -0.4 is 0 Å². The summed E-state index contributed by atoms with van der Waals surface area (Å²) in [7, 11) is 0. The number of aryl methyl sites for hydroxylation is 3. The third-order valence-corrected chi connectivity index (χ3v) is 8.30. The average molecular weight is 463 g/mol. The first-order valence-electron chi connectivity index (χ1n) is 13.0. The highest BCUT2D eigenvalue weighted by Gasteiger charge is 2.50. The van der Waals surface area contributed by atoms with E-state index in [1.165, 1.54) is 72.3 Å². The first-order chi connectivity index (χ1) is 17.6. The van der Waals surface area contributed by atoms with E-state index >= 15 is 0 Å². The Morgan fingerprint density at radius 1 is 0.556 bits per heavy atom. The first-order valence-corrected chi connectivity index (χ1v) is 13.0. The van der Waals surface area contributed by atoms with Crippen LogP contribution in [0.3, 0.4) is 0 Å². The zero-order valence-electron chi connectivity index (χ0n) is 21.2. The van der Waals surface area contributed by atoms with Gasteiger partial charge in [0, 0.05) is 0 Å². The molecule has 1 spiro atoms. The van der Waals surface area contributed by atoms with Crippen molar-refractivity contribution in [2.75, 3.05) is 0 Å². The van der Waals surface area contributed by atoms with Crippen LogP contribution in [0.2, 0.25) is 0 Å². The molecule has 0 N–H and O–H groups in total. The van der Waals surface area contributed by atoms with Crippen molar-refractivity contribution in [3.8, 4) is 11.1 Å². The minimum atomic E-state index is -0.277. The third kappa shape index (κ3) is 2.94. The molecule has 0 bridgehead atoms. The van der Waals surface area contributed by atoms with Gasteiger partial charge in [-0.1, -0.05) is 120 Å². The summed E-state index contributed by atoms with van der Waals surface area (Å²) in [5, 5.41) is 0. The minimum Gasteiger partial charge on any atom is -0.0620 e. The molecular formula is C36H30. The van der Waals surface area contributed by atoms with Gasteiger partial charge >= 0.3 is 0 Å². The Balaban J connectivity index is 1.58. The van der Waals surface area contributed by atoms with Crippen LogP contribution in [-0.4, -0.2) is 0 Å². The molecule has 0 heteroatoms. The van der Waals surface area contributed by atoms with Crippen LogP contribution in [0, 0.1) is 20.8 Å². The van der Waals surface area contributed by atoms with E-state index in [0.717, 1.165) is 12.8 Å². The Hall–Kier alpha value is -3.90. The molecule has 2 aliphatic carbocycles. The lowest BCUT2D eigenvalue weighted by atomic mass is 9.61. The van der Waals surface area contributed by atoms with Crippen LogP contribution in [0.15, 0.2) is 103 Å². The molecule has 0 radical (unpaired) electrons. The molecule has 0 heterocycles. The van der Waals surface area contributed by atoms with E-state index in [2.05, 4.69) is 124 Å². The highest BCUT2D eigenvalue weighted by molar-refractivity contribution is 5.89. The van der Waals surface area contributed by atoms with E-state index < -0.39 is 0 Å². The van der Waals surface area contributed by atoms with Gasteiger partial charge in [0.2, 0.25) is 0 Å². The zero-order chi connectivity index (χ0) is 24.4. The van der Waals surface area contributed by atoms with E-state index in [1.54, 1.807) is 0 Å². The quantitative estimate of drug-likeness (QED) is 0.242. The summed E-state index contributed by atoms with van der Waals surface area (Å²) in [4.78, 5) is 0. The number of rotatable bonds is 2. The smallest absolute Gasteiger partial charge is 0.0620 e. The van der Waals surface area contributed by atoms with Gasteiger partial charge < -0.3 is 0 Å². The molecule has 7 rings (SSSR count). The van der Waals surface area contributed by atoms with Crippen molar-refractivity contribution in [1.29, 1.82) is 0 Å². The highest BCUT2D eigenvalue weighted by atomic mass is 14.5. The van der Waals surface area contributed by atoms with E-state index in [4.69, 9.17) is 0 Å². The third-order valence-electron chi connectivity index (χ3n) is 8.30. The Bertz CT molecular complexity index is 1600. The molecule has 36 heavy (non-hydrogen) atoms. The number of benzene rings is 5. The monoisotopic (exact) mass is 462 g/mol. The Morgan fingerprint density at radius 2 is 1.19 bits per heavy atom. The molecule has 0 unspecified atom stereocenters. The standard InChI is InChI=1S/C36H30/c1-23-15-16-30-34(20-23)36(31-12-6-4-9-27(31)22-28-10-5-7-13-32(28)36)33-14-8-11-29(35(30)33)21-26-18-24(2)17-25(3)19-26/h4-20H,21-22H2,1-3H3. The molecule has 0 aromatic heterocycles. The van der Waals surface area contributed by atoms with E-state index in [9.17, 15) is 0 Å². The van der Waals surface area contributed by atoms with E-state index in [1.807, 2.05) is 0 Å². The van der Waals surface area contributed by atoms with Gasteiger partial charge in [0.05, 0.1) is 5.41 Å². The Morgan fingerprint density at radius 3 is 1.89 bits per heavy atom. The lowest BCUT2D eigenvalue weighted by Gasteiger charge is -2.40. The van der Waals surface area contributed by atoms with Crippen molar-refractivity contribution in [3.63, 3.8) is 0 Å². The molecule has 5 aromatic carbocycles. The Labute approximate surface area is 214 Å². The van der Waals surface area contributed by atoms with Crippen molar-refractivity contribution in [1.82, 2.24) is 0 Å². The fourth-order valence-electron chi connectivity index (χ4n) is 7.11. The van der Waals surface area contributed by atoms with Crippen molar-refractivity contribution >= 4 is 0 Å². The van der Waals surface area contributed by atoms with Gasteiger partial charge in [-0.25, -0.2) is 0 Å². The van der Waals surface area contributed by atoms with E-state index in [0.29, 0.717) is 0 Å². The second kappa shape index (κ2) is 7.80. The maximum Gasteiger partial charge on any atom is 0.0719 e. The topological polar surface area (TPSA) is 0 Å². The lowest BCUT2D eigenvalue weighted by Crippen LogP contribution is -2.34. The van der Waals surface area contributed by atoms with Crippen LogP contribution in [0.25, 0.3) is 11.1 Å². The molecule has 0 fully saturated rings. The van der Waals surface area contributed by atoms with Crippen molar-refractivity contribution in [2.24, 2.45) is 0 Å². The summed E-state index contributed by atoms with van der Waals surface area (Å²) < 4.78 is 0. The van der Waals surface area contributed by atoms with Gasteiger partial charge in [-0.2, -0.15) is 0 Å². The van der Waals surface area contributed by atoms with Crippen molar-refractivity contribution in [2.45, 2.75) is 39.0 Å². The highest BCUT2D eigenvalue weighted by Crippen LogP contribution is 2.60. The van der Waals surface area contributed by atoms with Gasteiger partial charge in [0.15, 0.2) is 0 Å². The predicted octanol–water partition coefficient (Wildman–Crippen LogP) is 8.47. The van der Waals surface area contributed by atoms with Crippen molar-refractivity contribution in [3.05, 3.63) is 164 Å². The molecular weight excluding hydrogens is 432 g/mol. The Kier molecular flexibility index (Phi) is 4.63. The molecule has 0 atom stereocenters. The zero-order valence-corrected chi connectivity index (χ0v) is 21.2. The van der Waals surface area contributed by atoms with Crippen LogP contribution in [0.1, 0.15) is 61.2 Å². The normalized spacial score (nSPS) is 14.2.